The van der Waals surface area contributed by atoms with Crippen molar-refractivity contribution in [3.63, 3.8) is 0 Å². The number of ether oxygens (including phenoxy) is 1. The number of benzene rings is 1. The van der Waals surface area contributed by atoms with E-state index in [2.05, 4.69) is 12.2 Å². The molecule has 1 aromatic carbocycles. The first-order valence-electron chi connectivity index (χ1n) is 11.9. The number of nitrogens with one attached hydrogen (secondary N) is 1. The average Bonchev–Trinajstić information content (AvgIpc) is 3.09. The fraction of sp³-hybridized carbons (Fsp3) is 0.520. The Labute approximate surface area is 202 Å². The fourth-order valence-corrected chi connectivity index (χ4v) is 6.57. The number of sulfonamides is 1. The van der Waals surface area contributed by atoms with Gasteiger partial charge in [0, 0.05) is 42.6 Å². The average molecular weight is 490 g/mol. The van der Waals surface area contributed by atoms with E-state index < -0.39 is 16.0 Å². The highest BCUT2D eigenvalue weighted by atomic mass is 32.2. The third-order valence-corrected chi connectivity index (χ3v) is 8.64. The van der Waals surface area contributed by atoms with Crippen LogP contribution in [0.5, 0.6) is 0 Å². The number of amides is 1. The van der Waals surface area contributed by atoms with E-state index in [-0.39, 0.29) is 42.0 Å². The van der Waals surface area contributed by atoms with Gasteiger partial charge in [-0.25, -0.2) is 13.2 Å². The Morgan fingerprint density at radius 3 is 2.18 bits per heavy atom. The molecule has 1 aliphatic rings. The van der Waals surface area contributed by atoms with Crippen LogP contribution in [0.4, 0.5) is 5.69 Å². The van der Waals surface area contributed by atoms with Crippen LogP contribution in [-0.4, -0.2) is 48.9 Å². The first kappa shape index (κ1) is 26.0. The molecular formula is C25H35N3O5S. The smallest absolute Gasteiger partial charge is 0.341 e. The maximum atomic E-state index is 13.7. The van der Waals surface area contributed by atoms with Crippen molar-refractivity contribution >= 4 is 27.6 Å². The van der Waals surface area contributed by atoms with Crippen molar-refractivity contribution in [1.29, 1.82) is 0 Å². The summed E-state index contributed by atoms with van der Waals surface area (Å²) in [5, 5.41) is 2.94. The number of hydrogen-bond acceptors (Lipinski definition) is 5. The Balaban J connectivity index is 1.77. The third-order valence-electron chi connectivity index (χ3n) is 6.58. The first-order valence-corrected chi connectivity index (χ1v) is 13.4. The van der Waals surface area contributed by atoms with Gasteiger partial charge in [0.1, 0.15) is 10.5 Å². The molecule has 34 heavy (non-hydrogen) atoms. The van der Waals surface area contributed by atoms with E-state index in [1.54, 1.807) is 20.8 Å². The van der Waals surface area contributed by atoms with E-state index >= 15 is 0 Å². The molecular weight excluding hydrogens is 454 g/mol. The molecule has 0 saturated carbocycles. The minimum absolute atomic E-state index is 0.0178. The van der Waals surface area contributed by atoms with Crippen LogP contribution in [0.1, 0.15) is 60.9 Å². The largest absolute Gasteiger partial charge is 0.462 e. The lowest BCUT2D eigenvalue weighted by atomic mass is 9.97. The maximum absolute atomic E-state index is 13.7. The van der Waals surface area contributed by atoms with Crippen molar-refractivity contribution in [2.45, 2.75) is 65.3 Å². The molecule has 0 unspecified atom stereocenters. The number of carbonyl (C=O) groups is 2. The van der Waals surface area contributed by atoms with E-state index in [0.29, 0.717) is 30.8 Å². The number of carbonyl (C=O) groups excluding carboxylic acids is 2. The summed E-state index contributed by atoms with van der Waals surface area (Å²) in [4.78, 5) is 25.5. The first-order chi connectivity index (χ1) is 16.1. The molecule has 3 rings (SSSR count). The van der Waals surface area contributed by atoms with Crippen LogP contribution in [0.2, 0.25) is 0 Å². The van der Waals surface area contributed by atoms with Gasteiger partial charge in [0.2, 0.25) is 15.9 Å². The van der Waals surface area contributed by atoms with Crippen LogP contribution in [-0.2, 0) is 32.5 Å². The van der Waals surface area contributed by atoms with Crippen molar-refractivity contribution < 1.29 is 22.7 Å². The topological polar surface area (TPSA) is 97.7 Å². The van der Waals surface area contributed by atoms with Gasteiger partial charge >= 0.3 is 5.97 Å². The van der Waals surface area contributed by atoms with Gasteiger partial charge in [-0.3, -0.25) is 4.79 Å². The molecule has 0 bridgehead atoms. The molecule has 2 heterocycles. The zero-order valence-electron chi connectivity index (χ0n) is 20.7. The van der Waals surface area contributed by atoms with Crippen molar-refractivity contribution in [1.82, 2.24) is 8.87 Å². The van der Waals surface area contributed by atoms with Crippen molar-refractivity contribution in [2.24, 2.45) is 5.92 Å². The minimum atomic E-state index is -3.93. The Hall–Kier alpha value is -2.65. The van der Waals surface area contributed by atoms with Crippen molar-refractivity contribution in [2.75, 3.05) is 25.0 Å². The highest BCUT2D eigenvalue weighted by Gasteiger charge is 2.38. The van der Waals surface area contributed by atoms with Gasteiger partial charge in [0.05, 0.1) is 6.61 Å². The molecule has 1 aromatic heterocycles. The van der Waals surface area contributed by atoms with E-state index in [1.165, 1.54) is 9.87 Å². The number of aryl methyl sites for hydroxylation is 1. The van der Waals surface area contributed by atoms with E-state index in [1.807, 2.05) is 35.8 Å². The summed E-state index contributed by atoms with van der Waals surface area (Å²) in [6.45, 7) is 10.3. The van der Waals surface area contributed by atoms with Gasteiger partial charge in [0.15, 0.2) is 0 Å². The molecule has 8 nitrogen and oxygen atoms in total. The Morgan fingerprint density at radius 2 is 1.65 bits per heavy atom. The lowest BCUT2D eigenvalue weighted by molar-refractivity contribution is -0.120. The van der Waals surface area contributed by atoms with Crippen LogP contribution in [0, 0.1) is 19.8 Å². The zero-order valence-corrected chi connectivity index (χ0v) is 21.5. The lowest BCUT2D eigenvalue weighted by Crippen LogP contribution is -2.42. The Kier molecular flexibility index (Phi) is 8.20. The van der Waals surface area contributed by atoms with Crippen LogP contribution in [0.15, 0.2) is 29.2 Å². The second-order valence-corrected chi connectivity index (χ2v) is 10.4. The number of aromatic nitrogens is 1. The second-order valence-electron chi connectivity index (χ2n) is 8.56. The van der Waals surface area contributed by atoms with Crippen LogP contribution in [0.3, 0.4) is 0 Å². The normalized spacial score (nSPS) is 15.3. The van der Waals surface area contributed by atoms with Crippen LogP contribution >= 0.6 is 0 Å². The summed E-state index contributed by atoms with van der Waals surface area (Å²) in [7, 11) is -3.93. The molecule has 0 spiro atoms. The molecule has 1 aliphatic heterocycles. The van der Waals surface area contributed by atoms with Gasteiger partial charge in [-0.1, -0.05) is 19.1 Å². The third kappa shape index (κ3) is 5.05. The number of hydrogen-bond donors (Lipinski definition) is 1. The molecule has 9 heteroatoms. The quantitative estimate of drug-likeness (QED) is 0.567. The van der Waals surface area contributed by atoms with Crippen molar-refractivity contribution in [3.05, 3.63) is 46.8 Å². The lowest BCUT2D eigenvalue weighted by Gasteiger charge is -2.30. The van der Waals surface area contributed by atoms with E-state index in [0.717, 1.165) is 12.1 Å². The van der Waals surface area contributed by atoms with Gasteiger partial charge in [-0.15, -0.1) is 0 Å². The second kappa shape index (κ2) is 10.7. The monoisotopic (exact) mass is 489 g/mol. The zero-order chi connectivity index (χ0) is 25.0. The van der Waals surface area contributed by atoms with Crippen LogP contribution in [0.25, 0.3) is 0 Å². The molecule has 1 fully saturated rings. The van der Waals surface area contributed by atoms with Crippen molar-refractivity contribution in [3.8, 4) is 0 Å². The molecule has 0 atom stereocenters. The highest BCUT2D eigenvalue weighted by Crippen LogP contribution is 2.32. The minimum Gasteiger partial charge on any atom is -0.462 e. The SMILES string of the molecule is CCOC(=O)c1c(S(=O)(=O)N2CCC(C(=O)Nc3ccc(CC)cc3)CC2)c(C)n(CC)c1C. The summed E-state index contributed by atoms with van der Waals surface area (Å²) < 4.78 is 35.7. The summed E-state index contributed by atoms with van der Waals surface area (Å²) in [6, 6.07) is 7.74. The predicted molar refractivity (Wildman–Crippen MR) is 131 cm³/mol. The molecule has 1 N–H and O–H groups in total. The van der Waals surface area contributed by atoms with Gasteiger partial charge < -0.3 is 14.6 Å². The Morgan fingerprint density at radius 1 is 1.03 bits per heavy atom. The number of esters is 1. The number of anilines is 1. The summed E-state index contributed by atoms with van der Waals surface area (Å²) in [6.07, 6.45) is 1.76. The van der Waals surface area contributed by atoms with E-state index in [9.17, 15) is 18.0 Å². The molecule has 0 aliphatic carbocycles. The maximum Gasteiger partial charge on any atom is 0.341 e. The number of nitrogens with zero attached hydrogens (tertiary/aromatic N) is 2. The summed E-state index contributed by atoms with van der Waals surface area (Å²) >= 11 is 0. The number of piperidine rings is 1. The number of rotatable bonds is 8. The summed E-state index contributed by atoms with van der Waals surface area (Å²) in [5.74, 6) is -1.00. The Bertz CT molecular complexity index is 1140. The summed E-state index contributed by atoms with van der Waals surface area (Å²) in [5.41, 5.74) is 3.15. The predicted octanol–water partition coefficient (Wildman–Crippen LogP) is 3.90. The van der Waals surface area contributed by atoms with Gasteiger partial charge in [-0.05, 0) is 64.7 Å². The highest BCUT2D eigenvalue weighted by molar-refractivity contribution is 7.89. The van der Waals surface area contributed by atoms with Crippen LogP contribution < -0.4 is 5.32 Å². The van der Waals surface area contributed by atoms with E-state index in [4.69, 9.17) is 4.74 Å². The molecule has 0 radical (unpaired) electrons. The van der Waals surface area contributed by atoms with Gasteiger partial charge in [0.25, 0.3) is 0 Å². The standard InChI is InChI=1S/C25H35N3O5S/c1-6-19-9-11-21(12-10-19)26-24(29)20-13-15-27(16-14-20)34(31,32)23-18(5)28(7-2)17(4)22(23)25(30)33-8-3/h9-12,20H,6-8,13-16H2,1-5H3,(H,26,29). The molecule has 186 valence electrons. The van der Waals surface area contributed by atoms with Gasteiger partial charge in [-0.2, -0.15) is 4.31 Å². The molecule has 2 aromatic rings. The molecule has 1 saturated heterocycles. The fourth-order valence-electron chi connectivity index (χ4n) is 4.64. The molecule has 1 amide bonds.